The summed E-state index contributed by atoms with van der Waals surface area (Å²) in [6, 6.07) is 16.3. The first-order valence-corrected chi connectivity index (χ1v) is 9.75. The second kappa shape index (κ2) is 8.87. The van der Waals surface area contributed by atoms with Gasteiger partial charge in [0, 0.05) is 20.6 Å². The number of rotatable bonds is 4. The minimum atomic E-state index is -0.588. The highest BCUT2D eigenvalue weighted by molar-refractivity contribution is 7.80. The van der Waals surface area contributed by atoms with E-state index in [1.807, 2.05) is 0 Å². The molecule has 0 fully saturated rings. The number of thiol groups is 1. The first kappa shape index (κ1) is 21.2. The number of amides is 1. The fraction of sp³-hybridized carbons (Fsp3) is 0.0909. The van der Waals surface area contributed by atoms with Crippen LogP contribution < -0.4 is 5.32 Å². The molecule has 146 valence electrons. The Morgan fingerprint density at radius 1 is 1.14 bits per heavy atom. The van der Waals surface area contributed by atoms with Crippen LogP contribution >= 0.6 is 35.8 Å². The van der Waals surface area contributed by atoms with Crippen LogP contribution in [0.2, 0.25) is 10.0 Å². The van der Waals surface area contributed by atoms with Crippen molar-refractivity contribution in [1.82, 2.24) is 0 Å². The maximum Gasteiger partial charge on any atom is 0.256 e. The molecule has 0 aromatic heterocycles. The van der Waals surface area contributed by atoms with E-state index in [1.54, 1.807) is 43.3 Å². The topological polar surface area (TPSA) is 52.9 Å². The summed E-state index contributed by atoms with van der Waals surface area (Å²) in [6.07, 6.45) is 0. The van der Waals surface area contributed by atoms with E-state index >= 15 is 0 Å². The number of anilines is 1. The lowest BCUT2D eigenvalue weighted by Crippen LogP contribution is -2.14. The Kier molecular flexibility index (Phi) is 6.49. The van der Waals surface area contributed by atoms with Gasteiger partial charge in [0.25, 0.3) is 5.91 Å². The number of halogens is 3. The molecule has 1 atom stereocenters. The third-order valence-corrected chi connectivity index (χ3v) is 5.41. The molecule has 0 spiro atoms. The number of hydrogen-bond donors (Lipinski definition) is 2. The van der Waals surface area contributed by atoms with Crippen molar-refractivity contribution in [1.29, 1.82) is 5.26 Å². The number of carbonyl (C=O) groups excluding carboxylic acids is 1. The molecule has 0 aliphatic rings. The van der Waals surface area contributed by atoms with E-state index in [4.69, 9.17) is 23.2 Å². The normalized spacial score (nSPS) is 11.6. The van der Waals surface area contributed by atoms with Crippen molar-refractivity contribution in [3.63, 3.8) is 0 Å². The molecule has 0 saturated heterocycles. The zero-order valence-corrected chi connectivity index (χ0v) is 17.6. The van der Waals surface area contributed by atoms with E-state index < -0.39 is 17.6 Å². The van der Waals surface area contributed by atoms with Crippen molar-refractivity contribution in [2.75, 3.05) is 5.32 Å². The highest BCUT2D eigenvalue weighted by atomic mass is 35.5. The molecule has 0 radical (unpaired) electrons. The Morgan fingerprint density at radius 3 is 2.48 bits per heavy atom. The van der Waals surface area contributed by atoms with Crippen molar-refractivity contribution in [2.24, 2.45) is 0 Å². The van der Waals surface area contributed by atoms with Gasteiger partial charge < -0.3 is 5.32 Å². The van der Waals surface area contributed by atoms with Crippen LogP contribution in [0.1, 0.15) is 33.0 Å². The Bertz CT molecular complexity index is 1130. The van der Waals surface area contributed by atoms with Crippen molar-refractivity contribution in [2.45, 2.75) is 17.7 Å². The number of aryl methyl sites for hydroxylation is 1. The summed E-state index contributed by atoms with van der Waals surface area (Å²) in [5.74, 6) is -1.62. The number of nitrogens with zero attached hydrogens (tertiary/aromatic N) is 1. The predicted octanol–water partition coefficient (Wildman–Crippen LogP) is 6.64. The van der Waals surface area contributed by atoms with Crippen LogP contribution in [0.4, 0.5) is 10.1 Å². The van der Waals surface area contributed by atoms with Crippen LogP contribution in [0.15, 0.2) is 59.5 Å². The van der Waals surface area contributed by atoms with Gasteiger partial charge in [0.2, 0.25) is 0 Å². The van der Waals surface area contributed by atoms with E-state index in [2.05, 4.69) is 24.0 Å². The number of carbonyl (C=O) groups is 1. The lowest BCUT2D eigenvalue weighted by atomic mass is 9.91. The van der Waals surface area contributed by atoms with Gasteiger partial charge in [-0.15, -0.1) is 12.6 Å². The molecule has 29 heavy (non-hydrogen) atoms. The van der Waals surface area contributed by atoms with E-state index in [0.29, 0.717) is 31.8 Å². The van der Waals surface area contributed by atoms with Gasteiger partial charge >= 0.3 is 0 Å². The molecule has 1 unspecified atom stereocenters. The molecule has 3 aromatic carbocycles. The molecule has 0 aliphatic heterocycles. The molecule has 1 N–H and O–H groups in total. The van der Waals surface area contributed by atoms with Crippen LogP contribution in [-0.4, -0.2) is 5.91 Å². The Balaban J connectivity index is 1.93. The molecule has 0 heterocycles. The molecule has 0 saturated carbocycles. The Hall–Kier alpha value is -2.52. The smallest absolute Gasteiger partial charge is 0.256 e. The molecule has 0 bridgehead atoms. The van der Waals surface area contributed by atoms with Crippen molar-refractivity contribution in [3.8, 4) is 6.07 Å². The first-order valence-electron chi connectivity index (χ1n) is 8.55. The monoisotopic (exact) mass is 444 g/mol. The number of nitrogens with one attached hydrogen (secondary N) is 1. The van der Waals surface area contributed by atoms with Gasteiger partial charge in [0.15, 0.2) is 0 Å². The lowest BCUT2D eigenvalue weighted by molar-refractivity contribution is 0.102. The summed E-state index contributed by atoms with van der Waals surface area (Å²) < 4.78 is 13.5. The first-order chi connectivity index (χ1) is 13.8. The second-order valence-electron chi connectivity index (χ2n) is 6.42. The summed E-state index contributed by atoms with van der Waals surface area (Å²) in [5.41, 5.74) is 2.67. The number of benzene rings is 3. The van der Waals surface area contributed by atoms with Gasteiger partial charge in [-0.05, 0) is 60.0 Å². The Labute approximate surface area is 183 Å². The highest BCUT2D eigenvalue weighted by Crippen LogP contribution is 2.34. The summed E-state index contributed by atoms with van der Waals surface area (Å²) >= 11 is 16.6. The minimum absolute atomic E-state index is 0.115. The van der Waals surface area contributed by atoms with E-state index in [1.165, 1.54) is 12.1 Å². The van der Waals surface area contributed by atoms with Gasteiger partial charge in [-0.1, -0.05) is 41.4 Å². The molecule has 1 amide bonds. The van der Waals surface area contributed by atoms with E-state index in [9.17, 15) is 14.4 Å². The Morgan fingerprint density at radius 2 is 1.83 bits per heavy atom. The quantitative estimate of drug-likeness (QED) is 0.443. The zero-order valence-electron chi connectivity index (χ0n) is 15.2. The lowest BCUT2D eigenvalue weighted by Gasteiger charge is -2.16. The molecular formula is C22H15Cl2FN2OS. The minimum Gasteiger partial charge on any atom is -0.322 e. The summed E-state index contributed by atoms with van der Waals surface area (Å²) in [5, 5.41) is 13.3. The van der Waals surface area contributed by atoms with Gasteiger partial charge in [-0.2, -0.15) is 5.26 Å². The molecule has 3 nitrogen and oxygen atoms in total. The number of hydrogen-bond acceptors (Lipinski definition) is 3. The van der Waals surface area contributed by atoms with Crippen LogP contribution in [0.5, 0.6) is 0 Å². The maximum atomic E-state index is 13.5. The van der Waals surface area contributed by atoms with Crippen LogP contribution in [0, 0.1) is 24.1 Å². The molecular weight excluding hydrogens is 430 g/mol. The van der Waals surface area contributed by atoms with Gasteiger partial charge in [0.05, 0.1) is 17.6 Å². The van der Waals surface area contributed by atoms with Crippen molar-refractivity contribution >= 4 is 47.4 Å². The third-order valence-electron chi connectivity index (χ3n) is 4.44. The fourth-order valence-electron chi connectivity index (χ4n) is 2.92. The van der Waals surface area contributed by atoms with Crippen LogP contribution in [-0.2, 0) is 0 Å². The summed E-state index contributed by atoms with van der Waals surface area (Å²) in [6.45, 7) is 1.79. The average Bonchev–Trinajstić information content (AvgIpc) is 2.69. The van der Waals surface area contributed by atoms with Crippen LogP contribution in [0.3, 0.4) is 0 Å². The van der Waals surface area contributed by atoms with E-state index in [-0.39, 0.29) is 5.56 Å². The summed E-state index contributed by atoms with van der Waals surface area (Å²) in [7, 11) is 0. The largest absolute Gasteiger partial charge is 0.322 e. The standard InChI is InChI=1S/C22H15Cl2FN2OS/c1-12-8-16(18(11-26)13-2-4-14(23)5-3-13)19(24)10-20(12)27-22(28)17-9-15(25)6-7-21(17)29/h2-10,18,29H,1H3,(H,27,28). The van der Waals surface area contributed by atoms with Crippen molar-refractivity contribution < 1.29 is 9.18 Å². The maximum absolute atomic E-state index is 13.5. The van der Waals surface area contributed by atoms with E-state index in [0.717, 1.165) is 11.6 Å². The fourth-order valence-corrected chi connectivity index (χ4v) is 3.56. The number of nitriles is 1. The zero-order chi connectivity index (χ0) is 21.1. The molecule has 3 aromatic rings. The van der Waals surface area contributed by atoms with Crippen molar-refractivity contribution in [3.05, 3.63) is 92.7 Å². The van der Waals surface area contributed by atoms with Crippen LogP contribution in [0.25, 0.3) is 0 Å². The predicted molar refractivity (Wildman–Crippen MR) is 117 cm³/mol. The SMILES string of the molecule is Cc1cc(C(C#N)c2ccc(Cl)cc2)c(Cl)cc1NC(=O)c1cc(F)ccc1S. The van der Waals surface area contributed by atoms with Gasteiger partial charge in [0.1, 0.15) is 5.82 Å². The van der Waals surface area contributed by atoms with Gasteiger partial charge in [-0.3, -0.25) is 4.79 Å². The molecule has 3 rings (SSSR count). The molecule has 0 aliphatic carbocycles. The summed E-state index contributed by atoms with van der Waals surface area (Å²) in [4.78, 5) is 12.9. The highest BCUT2D eigenvalue weighted by Gasteiger charge is 2.20. The van der Waals surface area contributed by atoms with Gasteiger partial charge in [-0.25, -0.2) is 4.39 Å². The second-order valence-corrected chi connectivity index (χ2v) is 7.74. The molecule has 7 heteroatoms. The average molecular weight is 445 g/mol. The third kappa shape index (κ3) is 4.73.